The van der Waals surface area contributed by atoms with Crippen LogP contribution >= 0.6 is 35.3 Å². The minimum Gasteiger partial charge on any atom is -0.354 e. The summed E-state index contributed by atoms with van der Waals surface area (Å²) in [5.74, 6) is 0.584. The second kappa shape index (κ2) is 9.55. The van der Waals surface area contributed by atoms with E-state index in [0.717, 1.165) is 29.6 Å². The number of hydrogen-bond donors (Lipinski definition) is 2. The summed E-state index contributed by atoms with van der Waals surface area (Å²) in [4.78, 5) is 20.7. The highest BCUT2D eigenvalue weighted by Crippen LogP contribution is 2.29. The molecule has 2 N–H and O–H groups in total. The van der Waals surface area contributed by atoms with Crippen LogP contribution in [0.1, 0.15) is 30.5 Å². The first-order valence-corrected chi connectivity index (χ1v) is 8.42. The van der Waals surface area contributed by atoms with Crippen LogP contribution in [0.3, 0.4) is 0 Å². The van der Waals surface area contributed by atoms with Gasteiger partial charge < -0.3 is 15.5 Å². The summed E-state index contributed by atoms with van der Waals surface area (Å²) in [5.41, 5.74) is -0.871. The van der Waals surface area contributed by atoms with Crippen molar-refractivity contribution in [2.45, 2.75) is 38.5 Å². The SMILES string of the molecule is CN=C(NCc1nc(C(F)(F)F)cs1)NC1CCN(C(C)=O)CC1.I. The van der Waals surface area contributed by atoms with Crippen LogP contribution in [0.15, 0.2) is 10.4 Å². The highest BCUT2D eigenvalue weighted by Gasteiger charge is 2.33. The van der Waals surface area contributed by atoms with E-state index in [4.69, 9.17) is 0 Å². The molecule has 2 rings (SSSR count). The molecular weight excluding hydrogens is 470 g/mol. The van der Waals surface area contributed by atoms with Gasteiger partial charge in [-0.15, -0.1) is 35.3 Å². The van der Waals surface area contributed by atoms with Gasteiger partial charge >= 0.3 is 6.18 Å². The van der Waals surface area contributed by atoms with E-state index in [9.17, 15) is 18.0 Å². The molecule has 0 aromatic carbocycles. The number of guanidine groups is 1. The van der Waals surface area contributed by atoms with Crippen LogP contribution in [0.2, 0.25) is 0 Å². The number of nitrogens with zero attached hydrogens (tertiary/aromatic N) is 3. The second-order valence-corrected chi connectivity index (χ2v) is 6.42. The van der Waals surface area contributed by atoms with Crippen molar-refractivity contribution in [2.24, 2.45) is 4.99 Å². The van der Waals surface area contributed by atoms with Crippen molar-refractivity contribution in [2.75, 3.05) is 20.1 Å². The Labute approximate surface area is 165 Å². The van der Waals surface area contributed by atoms with Crippen LogP contribution in [0.4, 0.5) is 13.2 Å². The van der Waals surface area contributed by atoms with E-state index in [1.807, 2.05) is 0 Å². The number of alkyl halides is 3. The second-order valence-electron chi connectivity index (χ2n) is 5.47. The Bertz CT molecular complexity index is 600. The third-order valence-electron chi connectivity index (χ3n) is 3.75. The predicted molar refractivity (Wildman–Crippen MR) is 101 cm³/mol. The monoisotopic (exact) mass is 491 g/mol. The standard InChI is InChI=1S/C14H20F3N5OS.HI/c1-9(23)22-5-3-10(4-6-22)20-13(18-2)19-7-12-21-11(8-24-12)14(15,16)17;/h8,10H,3-7H2,1-2H3,(H2,18,19,20);1H. The van der Waals surface area contributed by atoms with Crippen LogP contribution in [0.5, 0.6) is 0 Å². The van der Waals surface area contributed by atoms with Gasteiger partial charge in [0.1, 0.15) is 5.01 Å². The number of piperidine rings is 1. The first kappa shape index (κ1) is 21.9. The van der Waals surface area contributed by atoms with Crippen molar-refractivity contribution in [3.05, 3.63) is 16.1 Å². The van der Waals surface area contributed by atoms with E-state index >= 15 is 0 Å². The molecule has 1 fully saturated rings. The topological polar surface area (TPSA) is 69.6 Å². The van der Waals surface area contributed by atoms with Gasteiger partial charge in [0.2, 0.25) is 5.91 Å². The lowest BCUT2D eigenvalue weighted by Crippen LogP contribution is -2.49. The molecule has 142 valence electrons. The molecule has 0 radical (unpaired) electrons. The molecule has 0 unspecified atom stereocenters. The summed E-state index contributed by atoms with van der Waals surface area (Å²) in [6.45, 7) is 3.10. The minimum atomic E-state index is -4.42. The number of thiazole rings is 1. The van der Waals surface area contributed by atoms with Crippen LogP contribution in [0, 0.1) is 0 Å². The maximum atomic E-state index is 12.5. The Kier molecular flexibility index (Phi) is 8.38. The first-order valence-electron chi connectivity index (χ1n) is 7.54. The first-order chi connectivity index (χ1) is 11.3. The Morgan fingerprint density at radius 3 is 2.56 bits per heavy atom. The van der Waals surface area contributed by atoms with Gasteiger partial charge in [-0.2, -0.15) is 13.2 Å². The van der Waals surface area contributed by atoms with Gasteiger partial charge in [0, 0.05) is 38.5 Å². The van der Waals surface area contributed by atoms with Gasteiger partial charge in [0.15, 0.2) is 11.7 Å². The molecule has 1 saturated heterocycles. The highest BCUT2D eigenvalue weighted by molar-refractivity contribution is 14.0. The van der Waals surface area contributed by atoms with Crippen molar-refractivity contribution in [3.8, 4) is 0 Å². The Morgan fingerprint density at radius 1 is 1.44 bits per heavy atom. The van der Waals surface area contributed by atoms with Gasteiger partial charge in [-0.3, -0.25) is 9.79 Å². The molecule has 1 aliphatic rings. The number of hydrogen-bond acceptors (Lipinski definition) is 4. The molecule has 1 aromatic heterocycles. The number of halogens is 4. The van der Waals surface area contributed by atoms with Crippen LogP contribution in [0.25, 0.3) is 0 Å². The van der Waals surface area contributed by atoms with Crippen molar-refractivity contribution >= 4 is 47.2 Å². The predicted octanol–water partition coefficient (Wildman–Crippen LogP) is 2.46. The van der Waals surface area contributed by atoms with Crippen LogP contribution in [-0.4, -0.2) is 47.9 Å². The molecule has 1 aromatic rings. The summed E-state index contributed by atoms with van der Waals surface area (Å²) >= 11 is 0.958. The Balaban J connectivity index is 0.00000312. The quantitative estimate of drug-likeness (QED) is 0.388. The number of carbonyl (C=O) groups excluding carboxylic acids is 1. The average molecular weight is 491 g/mol. The molecule has 1 amide bonds. The van der Waals surface area contributed by atoms with Crippen molar-refractivity contribution in [1.29, 1.82) is 0 Å². The van der Waals surface area contributed by atoms with Crippen LogP contribution in [-0.2, 0) is 17.5 Å². The van der Waals surface area contributed by atoms with Crippen molar-refractivity contribution in [1.82, 2.24) is 20.5 Å². The van der Waals surface area contributed by atoms with E-state index in [0.29, 0.717) is 24.1 Å². The fourth-order valence-corrected chi connectivity index (χ4v) is 3.15. The average Bonchev–Trinajstić information content (AvgIpc) is 3.01. The molecule has 0 spiro atoms. The molecule has 25 heavy (non-hydrogen) atoms. The third kappa shape index (κ3) is 6.60. The summed E-state index contributed by atoms with van der Waals surface area (Å²) < 4.78 is 37.6. The van der Waals surface area contributed by atoms with Crippen LogP contribution < -0.4 is 10.6 Å². The summed E-state index contributed by atoms with van der Waals surface area (Å²) in [7, 11) is 1.60. The zero-order chi connectivity index (χ0) is 17.7. The lowest BCUT2D eigenvalue weighted by atomic mass is 10.1. The number of carbonyl (C=O) groups is 1. The molecular formula is C14H21F3IN5OS. The Hall–Kier alpha value is -1.11. The lowest BCUT2D eigenvalue weighted by Gasteiger charge is -2.32. The number of amides is 1. The number of likely N-dealkylation sites (tertiary alicyclic amines) is 1. The molecule has 0 atom stereocenters. The smallest absolute Gasteiger partial charge is 0.354 e. The van der Waals surface area contributed by atoms with E-state index in [1.54, 1.807) is 18.9 Å². The highest BCUT2D eigenvalue weighted by atomic mass is 127. The van der Waals surface area contributed by atoms with E-state index < -0.39 is 11.9 Å². The Morgan fingerprint density at radius 2 is 2.08 bits per heavy atom. The van der Waals surface area contributed by atoms with Crippen molar-refractivity contribution in [3.63, 3.8) is 0 Å². The fraction of sp³-hybridized carbons (Fsp3) is 0.643. The zero-order valence-corrected chi connectivity index (χ0v) is 17.0. The zero-order valence-electron chi connectivity index (χ0n) is 13.9. The van der Waals surface area contributed by atoms with Gasteiger partial charge in [0.25, 0.3) is 0 Å². The molecule has 6 nitrogen and oxygen atoms in total. The van der Waals surface area contributed by atoms with E-state index in [-0.39, 0.29) is 42.5 Å². The summed E-state index contributed by atoms with van der Waals surface area (Å²) in [5, 5.41) is 7.55. The van der Waals surface area contributed by atoms with Gasteiger partial charge in [-0.05, 0) is 12.8 Å². The van der Waals surface area contributed by atoms with Gasteiger partial charge in [-0.25, -0.2) is 4.98 Å². The number of nitrogens with one attached hydrogen (secondary N) is 2. The summed E-state index contributed by atoms with van der Waals surface area (Å²) in [6.07, 6.45) is -2.81. The molecule has 0 aliphatic carbocycles. The minimum absolute atomic E-state index is 0. The summed E-state index contributed by atoms with van der Waals surface area (Å²) in [6, 6.07) is 0.175. The maximum absolute atomic E-state index is 12.5. The fourth-order valence-electron chi connectivity index (χ4n) is 2.41. The lowest BCUT2D eigenvalue weighted by molar-refractivity contribution is -0.140. The third-order valence-corrected chi connectivity index (χ3v) is 4.60. The maximum Gasteiger partial charge on any atom is 0.434 e. The largest absolute Gasteiger partial charge is 0.434 e. The normalized spacial score (nSPS) is 16.4. The van der Waals surface area contributed by atoms with Gasteiger partial charge in [0.05, 0.1) is 6.54 Å². The van der Waals surface area contributed by atoms with E-state index in [2.05, 4.69) is 20.6 Å². The van der Waals surface area contributed by atoms with Crippen molar-refractivity contribution < 1.29 is 18.0 Å². The number of aromatic nitrogens is 1. The molecule has 0 bridgehead atoms. The number of aliphatic imine (C=N–C) groups is 1. The van der Waals surface area contributed by atoms with E-state index in [1.165, 1.54) is 0 Å². The molecule has 0 saturated carbocycles. The molecule has 11 heteroatoms. The van der Waals surface area contributed by atoms with Gasteiger partial charge in [-0.1, -0.05) is 0 Å². The molecule has 1 aliphatic heterocycles. The molecule has 2 heterocycles. The number of rotatable bonds is 3.